The smallest absolute Gasteiger partial charge is 0.258 e. The van der Waals surface area contributed by atoms with Crippen LogP contribution in [0.1, 0.15) is 40.6 Å². The SMILES string of the molecule is C[C@@H](c1ccccc1)N1C(=O)c2ccccc2N[C@H]1c1ccc2c(c1)OCCO2. The molecule has 1 amide bonds. The molecule has 0 bridgehead atoms. The average Bonchev–Trinajstić information content (AvgIpc) is 2.79. The van der Waals surface area contributed by atoms with Crippen LogP contribution in [0, 0.1) is 0 Å². The number of para-hydroxylation sites is 1. The summed E-state index contributed by atoms with van der Waals surface area (Å²) >= 11 is 0. The Morgan fingerprint density at radius 3 is 2.48 bits per heavy atom. The van der Waals surface area contributed by atoms with Crippen molar-refractivity contribution in [3.8, 4) is 11.5 Å². The quantitative estimate of drug-likeness (QED) is 0.703. The van der Waals surface area contributed by atoms with Crippen LogP contribution in [-0.4, -0.2) is 24.0 Å². The maximum atomic E-state index is 13.5. The number of hydrogen-bond acceptors (Lipinski definition) is 4. The first-order valence-corrected chi connectivity index (χ1v) is 9.85. The zero-order valence-corrected chi connectivity index (χ0v) is 16.2. The summed E-state index contributed by atoms with van der Waals surface area (Å²) in [5.74, 6) is 1.47. The van der Waals surface area contributed by atoms with Crippen LogP contribution >= 0.6 is 0 Å². The van der Waals surface area contributed by atoms with Gasteiger partial charge >= 0.3 is 0 Å². The molecule has 1 N–H and O–H groups in total. The fraction of sp³-hybridized carbons (Fsp3) is 0.208. The Morgan fingerprint density at radius 2 is 1.66 bits per heavy atom. The first kappa shape index (κ1) is 17.6. The molecule has 2 aliphatic heterocycles. The minimum absolute atomic E-state index is 0.00981. The van der Waals surface area contributed by atoms with E-state index in [1.165, 1.54) is 0 Å². The van der Waals surface area contributed by atoms with Crippen molar-refractivity contribution in [3.63, 3.8) is 0 Å². The molecular weight excluding hydrogens is 364 g/mol. The largest absolute Gasteiger partial charge is 0.486 e. The fourth-order valence-electron chi connectivity index (χ4n) is 4.03. The molecule has 146 valence electrons. The van der Waals surface area contributed by atoms with Crippen LogP contribution in [0.25, 0.3) is 0 Å². The summed E-state index contributed by atoms with van der Waals surface area (Å²) in [5.41, 5.74) is 3.57. The zero-order chi connectivity index (χ0) is 19.8. The van der Waals surface area contributed by atoms with Crippen molar-refractivity contribution >= 4 is 11.6 Å². The van der Waals surface area contributed by atoms with Crippen LogP contribution < -0.4 is 14.8 Å². The second-order valence-electron chi connectivity index (χ2n) is 7.29. The lowest BCUT2D eigenvalue weighted by Crippen LogP contribution is -2.44. The maximum absolute atomic E-state index is 13.5. The maximum Gasteiger partial charge on any atom is 0.258 e. The van der Waals surface area contributed by atoms with Gasteiger partial charge in [0.15, 0.2) is 11.5 Å². The van der Waals surface area contributed by atoms with Crippen molar-refractivity contribution in [2.24, 2.45) is 0 Å². The van der Waals surface area contributed by atoms with Gasteiger partial charge in [-0.2, -0.15) is 0 Å². The lowest BCUT2D eigenvalue weighted by Gasteiger charge is -2.42. The van der Waals surface area contributed by atoms with Gasteiger partial charge in [0.2, 0.25) is 0 Å². The first-order valence-electron chi connectivity index (χ1n) is 9.85. The van der Waals surface area contributed by atoms with Crippen LogP contribution in [-0.2, 0) is 0 Å². The van der Waals surface area contributed by atoms with Crippen molar-refractivity contribution in [3.05, 3.63) is 89.5 Å². The van der Waals surface area contributed by atoms with Crippen LogP contribution in [0.4, 0.5) is 5.69 Å². The van der Waals surface area contributed by atoms with Crippen molar-refractivity contribution < 1.29 is 14.3 Å². The molecule has 0 aromatic heterocycles. The van der Waals surface area contributed by atoms with Gasteiger partial charge in [-0.25, -0.2) is 0 Å². The summed E-state index contributed by atoms with van der Waals surface area (Å²) in [6.45, 7) is 3.14. The van der Waals surface area contributed by atoms with E-state index in [4.69, 9.17) is 9.47 Å². The normalized spacial score (nSPS) is 18.6. The van der Waals surface area contributed by atoms with E-state index >= 15 is 0 Å². The summed E-state index contributed by atoms with van der Waals surface area (Å²) < 4.78 is 11.4. The highest BCUT2D eigenvalue weighted by atomic mass is 16.6. The molecule has 5 heteroatoms. The monoisotopic (exact) mass is 386 g/mol. The second kappa shape index (κ2) is 7.17. The van der Waals surface area contributed by atoms with Gasteiger partial charge in [-0.3, -0.25) is 4.79 Å². The molecule has 0 fully saturated rings. The molecule has 0 saturated heterocycles. The lowest BCUT2D eigenvalue weighted by molar-refractivity contribution is 0.0595. The van der Waals surface area contributed by atoms with E-state index in [0.29, 0.717) is 24.5 Å². The Balaban J connectivity index is 1.60. The van der Waals surface area contributed by atoms with Gasteiger partial charge in [-0.05, 0) is 42.3 Å². The van der Waals surface area contributed by atoms with E-state index in [1.807, 2.05) is 65.6 Å². The molecule has 0 aliphatic carbocycles. The Morgan fingerprint density at radius 1 is 0.931 bits per heavy atom. The number of carbonyl (C=O) groups excluding carboxylic acids is 1. The number of nitrogens with one attached hydrogen (secondary N) is 1. The van der Waals surface area contributed by atoms with Crippen LogP contribution in [0.2, 0.25) is 0 Å². The third-order valence-electron chi connectivity index (χ3n) is 5.54. The molecule has 2 heterocycles. The molecule has 0 spiro atoms. The highest BCUT2D eigenvalue weighted by Gasteiger charge is 2.36. The summed E-state index contributed by atoms with van der Waals surface area (Å²) in [6.07, 6.45) is -0.316. The third-order valence-corrected chi connectivity index (χ3v) is 5.54. The summed E-state index contributed by atoms with van der Waals surface area (Å²) in [4.78, 5) is 15.4. The molecule has 5 rings (SSSR count). The van der Waals surface area contributed by atoms with Gasteiger partial charge < -0.3 is 19.7 Å². The number of fused-ring (bicyclic) bond motifs is 2. The number of rotatable bonds is 3. The summed E-state index contributed by atoms with van der Waals surface area (Å²) in [5, 5.41) is 3.56. The molecule has 29 heavy (non-hydrogen) atoms. The Labute approximate surface area is 169 Å². The standard InChI is InChI=1S/C24H22N2O3/c1-16(17-7-3-2-4-8-17)26-23(25-20-10-6-5-9-19(20)24(26)27)18-11-12-21-22(15-18)29-14-13-28-21/h2-12,15-16,23,25H,13-14H2,1H3/t16-,23+/m0/s1. The molecule has 2 aliphatic rings. The number of anilines is 1. The minimum Gasteiger partial charge on any atom is -0.486 e. The van der Waals surface area contributed by atoms with E-state index in [2.05, 4.69) is 24.4 Å². The number of benzene rings is 3. The lowest BCUT2D eigenvalue weighted by atomic mass is 9.98. The Hall–Kier alpha value is -3.47. The molecular formula is C24H22N2O3. The van der Waals surface area contributed by atoms with E-state index in [0.717, 1.165) is 22.6 Å². The van der Waals surface area contributed by atoms with E-state index in [1.54, 1.807) is 0 Å². The minimum atomic E-state index is -0.316. The van der Waals surface area contributed by atoms with E-state index in [9.17, 15) is 4.79 Å². The predicted molar refractivity (Wildman–Crippen MR) is 111 cm³/mol. The Kier molecular flexibility index (Phi) is 4.35. The summed E-state index contributed by atoms with van der Waals surface area (Å²) in [6, 6.07) is 23.5. The molecule has 3 aromatic rings. The van der Waals surface area contributed by atoms with Gasteiger partial charge in [0.05, 0.1) is 11.6 Å². The zero-order valence-electron chi connectivity index (χ0n) is 16.2. The van der Waals surface area contributed by atoms with Gasteiger partial charge in [0, 0.05) is 5.69 Å². The number of ether oxygens (including phenoxy) is 2. The predicted octanol–water partition coefficient (Wildman–Crippen LogP) is 4.79. The third kappa shape index (κ3) is 3.09. The number of nitrogens with zero attached hydrogens (tertiary/aromatic N) is 1. The van der Waals surface area contributed by atoms with E-state index in [-0.39, 0.29) is 18.1 Å². The van der Waals surface area contributed by atoms with Gasteiger partial charge in [-0.15, -0.1) is 0 Å². The molecule has 0 radical (unpaired) electrons. The number of amides is 1. The number of carbonyl (C=O) groups is 1. The van der Waals surface area contributed by atoms with Crippen LogP contribution in [0.3, 0.4) is 0 Å². The highest BCUT2D eigenvalue weighted by Crippen LogP contribution is 2.41. The molecule has 0 unspecified atom stereocenters. The second-order valence-corrected chi connectivity index (χ2v) is 7.29. The van der Waals surface area contributed by atoms with E-state index < -0.39 is 0 Å². The Bertz CT molecular complexity index is 1050. The van der Waals surface area contributed by atoms with Crippen molar-refractivity contribution in [2.75, 3.05) is 18.5 Å². The van der Waals surface area contributed by atoms with Gasteiger partial charge in [-0.1, -0.05) is 48.5 Å². The van der Waals surface area contributed by atoms with Crippen molar-refractivity contribution in [1.82, 2.24) is 4.90 Å². The van der Waals surface area contributed by atoms with Crippen LogP contribution in [0.5, 0.6) is 11.5 Å². The van der Waals surface area contributed by atoms with Crippen LogP contribution in [0.15, 0.2) is 72.8 Å². The molecule has 3 aromatic carbocycles. The topological polar surface area (TPSA) is 50.8 Å². The number of hydrogen-bond donors (Lipinski definition) is 1. The fourth-order valence-corrected chi connectivity index (χ4v) is 4.03. The van der Waals surface area contributed by atoms with Crippen molar-refractivity contribution in [1.29, 1.82) is 0 Å². The van der Waals surface area contributed by atoms with Crippen molar-refractivity contribution in [2.45, 2.75) is 19.1 Å². The summed E-state index contributed by atoms with van der Waals surface area (Å²) in [7, 11) is 0. The first-order chi connectivity index (χ1) is 14.2. The molecule has 2 atom stereocenters. The van der Waals surface area contributed by atoms with Gasteiger partial charge in [0.1, 0.15) is 19.4 Å². The average molecular weight is 386 g/mol. The van der Waals surface area contributed by atoms with Gasteiger partial charge in [0.25, 0.3) is 5.91 Å². The highest BCUT2D eigenvalue weighted by molar-refractivity contribution is 6.02. The molecule has 5 nitrogen and oxygen atoms in total. The molecule has 0 saturated carbocycles.